The van der Waals surface area contributed by atoms with E-state index in [0.29, 0.717) is 5.92 Å². The van der Waals surface area contributed by atoms with E-state index >= 15 is 0 Å². The molecule has 2 aliphatic carbocycles. The van der Waals surface area contributed by atoms with Crippen LogP contribution in [0.15, 0.2) is 0 Å². The predicted octanol–water partition coefficient (Wildman–Crippen LogP) is 2.39. The zero-order chi connectivity index (χ0) is 11.8. The second-order valence-corrected chi connectivity index (χ2v) is 5.67. The lowest BCUT2D eigenvalue weighted by Crippen LogP contribution is -2.44. The first-order valence-corrected chi connectivity index (χ1v) is 6.58. The fourth-order valence-corrected chi connectivity index (χ4v) is 3.51. The van der Waals surface area contributed by atoms with Crippen LogP contribution in [0.3, 0.4) is 0 Å². The van der Waals surface area contributed by atoms with E-state index in [0.717, 1.165) is 18.8 Å². The van der Waals surface area contributed by atoms with E-state index < -0.39 is 12.0 Å². The molecule has 2 saturated carbocycles. The van der Waals surface area contributed by atoms with Crippen LogP contribution < -0.4 is 5.73 Å². The van der Waals surface area contributed by atoms with Gasteiger partial charge in [-0.3, -0.25) is 4.79 Å². The fraction of sp³-hybridized carbons (Fsp3) is 0.923. The zero-order valence-electron chi connectivity index (χ0n) is 10.1. The van der Waals surface area contributed by atoms with Gasteiger partial charge in [0.05, 0.1) is 0 Å². The van der Waals surface area contributed by atoms with Crippen LogP contribution in [-0.2, 0) is 4.79 Å². The van der Waals surface area contributed by atoms with Crippen molar-refractivity contribution in [2.75, 3.05) is 0 Å². The molecule has 1 atom stereocenters. The predicted molar refractivity (Wildman–Crippen MR) is 63.0 cm³/mol. The Bertz CT molecular complexity index is 265. The van der Waals surface area contributed by atoms with Gasteiger partial charge in [0, 0.05) is 0 Å². The molecule has 0 aromatic rings. The SMILES string of the molecule is CCC1CCC(C2(C(N)C(=O)O)CC2)CC1. The Kier molecular flexibility index (Phi) is 3.24. The van der Waals surface area contributed by atoms with E-state index in [2.05, 4.69) is 6.92 Å². The molecule has 0 aromatic carbocycles. The maximum atomic E-state index is 11.0. The van der Waals surface area contributed by atoms with E-state index in [9.17, 15) is 4.79 Å². The van der Waals surface area contributed by atoms with Gasteiger partial charge in [-0.1, -0.05) is 26.2 Å². The van der Waals surface area contributed by atoms with Gasteiger partial charge < -0.3 is 10.8 Å². The van der Waals surface area contributed by atoms with Crippen molar-refractivity contribution < 1.29 is 9.90 Å². The molecule has 0 spiro atoms. The summed E-state index contributed by atoms with van der Waals surface area (Å²) in [7, 11) is 0. The average Bonchev–Trinajstić information content (AvgIpc) is 3.09. The highest BCUT2D eigenvalue weighted by molar-refractivity contribution is 5.75. The topological polar surface area (TPSA) is 63.3 Å². The van der Waals surface area contributed by atoms with Crippen LogP contribution in [0.5, 0.6) is 0 Å². The number of carbonyl (C=O) groups is 1. The number of carboxylic acids is 1. The molecule has 0 radical (unpaired) electrons. The summed E-state index contributed by atoms with van der Waals surface area (Å²) in [6.45, 7) is 2.25. The number of aliphatic carboxylic acids is 1. The van der Waals surface area contributed by atoms with Gasteiger partial charge in [0.2, 0.25) is 0 Å². The maximum absolute atomic E-state index is 11.0. The Labute approximate surface area is 97.4 Å². The number of rotatable bonds is 4. The van der Waals surface area contributed by atoms with Crippen LogP contribution in [0.1, 0.15) is 51.9 Å². The number of carboxylic acid groups (broad SMARTS) is 1. The van der Waals surface area contributed by atoms with Gasteiger partial charge in [0.15, 0.2) is 0 Å². The first kappa shape index (κ1) is 11.9. The third-order valence-corrected chi connectivity index (χ3v) is 4.95. The summed E-state index contributed by atoms with van der Waals surface area (Å²) in [5.74, 6) is 0.629. The minimum atomic E-state index is -0.810. The van der Waals surface area contributed by atoms with Gasteiger partial charge >= 0.3 is 5.97 Å². The normalized spacial score (nSPS) is 34.4. The monoisotopic (exact) mass is 225 g/mol. The van der Waals surface area contributed by atoms with E-state index in [1.807, 2.05) is 0 Å². The minimum absolute atomic E-state index is 0.0372. The molecule has 3 nitrogen and oxygen atoms in total. The second kappa shape index (κ2) is 4.36. The quantitative estimate of drug-likeness (QED) is 0.772. The number of nitrogens with two attached hydrogens (primary N) is 1. The Morgan fingerprint density at radius 3 is 2.31 bits per heavy atom. The highest BCUT2D eigenvalue weighted by Crippen LogP contribution is 2.58. The standard InChI is InChI=1S/C13H23NO2/c1-2-9-3-5-10(6-4-9)13(7-8-13)11(14)12(15)16/h9-11H,2-8,14H2,1H3,(H,15,16). The molecule has 0 aromatic heterocycles. The molecule has 2 aliphatic rings. The number of hydrogen-bond acceptors (Lipinski definition) is 2. The highest BCUT2D eigenvalue weighted by atomic mass is 16.4. The molecule has 0 saturated heterocycles. The van der Waals surface area contributed by atoms with Crippen molar-refractivity contribution in [3.8, 4) is 0 Å². The maximum Gasteiger partial charge on any atom is 0.321 e. The molecule has 3 N–H and O–H groups in total. The van der Waals surface area contributed by atoms with Crippen molar-refractivity contribution in [3.63, 3.8) is 0 Å². The van der Waals surface area contributed by atoms with Crippen LogP contribution in [-0.4, -0.2) is 17.1 Å². The molecule has 16 heavy (non-hydrogen) atoms. The van der Waals surface area contributed by atoms with Gasteiger partial charge in [-0.2, -0.15) is 0 Å². The van der Waals surface area contributed by atoms with Gasteiger partial charge in [0.1, 0.15) is 6.04 Å². The summed E-state index contributed by atoms with van der Waals surface area (Å²) in [5.41, 5.74) is 5.82. The molecular formula is C13H23NO2. The molecule has 92 valence electrons. The molecule has 3 heteroatoms. The van der Waals surface area contributed by atoms with Crippen LogP contribution in [0.25, 0.3) is 0 Å². The Balaban J connectivity index is 1.96. The summed E-state index contributed by atoms with van der Waals surface area (Å²) < 4.78 is 0. The Hall–Kier alpha value is -0.570. The average molecular weight is 225 g/mol. The summed E-state index contributed by atoms with van der Waals surface area (Å²) in [5, 5.41) is 9.06. The largest absolute Gasteiger partial charge is 0.480 e. The van der Waals surface area contributed by atoms with Gasteiger partial charge in [-0.25, -0.2) is 0 Å². The summed E-state index contributed by atoms with van der Waals surface area (Å²) in [6, 6.07) is -0.629. The van der Waals surface area contributed by atoms with Crippen LogP contribution >= 0.6 is 0 Å². The lowest BCUT2D eigenvalue weighted by molar-refractivity contribution is -0.141. The molecule has 0 bridgehead atoms. The Morgan fingerprint density at radius 1 is 1.38 bits per heavy atom. The smallest absolute Gasteiger partial charge is 0.321 e. The lowest BCUT2D eigenvalue weighted by atomic mass is 9.71. The summed E-state index contributed by atoms with van der Waals surface area (Å²) in [4.78, 5) is 11.0. The van der Waals surface area contributed by atoms with Crippen molar-refractivity contribution in [1.29, 1.82) is 0 Å². The molecule has 2 rings (SSSR count). The van der Waals surface area contributed by atoms with E-state index in [4.69, 9.17) is 10.8 Å². The fourth-order valence-electron chi connectivity index (χ4n) is 3.51. The van der Waals surface area contributed by atoms with Crippen molar-refractivity contribution in [3.05, 3.63) is 0 Å². The highest BCUT2D eigenvalue weighted by Gasteiger charge is 2.56. The first-order chi connectivity index (χ1) is 7.60. The van der Waals surface area contributed by atoms with Crippen molar-refractivity contribution in [2.24, 2.45) is 23.0 Å². The zero-order valence-corrected chi connectivity index (χ0v) is 10.1. The van der Waals surface area contributed by atoms with E-state index in [-0.39, 0.29) is 5.41 Å². The molecule has 0 amide bonds. The Morgan fingerprint density at radius 2 is 1.94 bits per heavy atom. The van der Waals surface area contributed by atoms with E-state index in [1.54, 1.807) is 0 Å². The molecular weight excluding hydrogens is 202 g/mol. The second-order valence-electron chi connectivity index (χ2n) is 5.67. The van der Waals surface area contributed by atoms with Crippen LogP contribution in [0, 0.1) is 17.3 Å². The summed E-state index contributed by atoms with van der Waals surface area (Å²) in [6.07, 6.45) is 8.26. The van der Waals surface area contributed by atoms with Crippen molar-refractivity contribution in [2.45, 2.75) is 57.9 Å². The number of hydrogen-bond donors (Lipinski definition) is 2. The van der Waals surface area contributed by atoms with Gasteiger partial charge in [-0.15, -0.1) is 0 Å². The third kappa shape index (κ3) is 1.97. The van der Waals surface area contributed by atoms with Crippen molar-refractivity contribution >= 4 is 5.97 Å². The van der Waals surface area contributed by atoms with Crippen molar-refractivity contribution in [1.82, 2.24) is 0 Å². The van der Waals surface area contributed by atoms with Crippen LogP contribution in [0.4, 0.5) is 0 Å². The van der Waals surface area contributed by atoms with Crippen LogP contribution in [0.2, 0.25) is 0 Å². The van der Waals surface area contributed by atoms with Gasteiger partial charge in [-0.05, 0) is 42.9 Å². The third-order valence-electron chi connectivity index (χ3n) is 4.95. The lowest BCUT2D eigenvalue weighted by Gasteiger charge is -2.35. The molecule has 1 unspecified atom stereocenters. The minimum Gasteiger partial charge on any atom is -0.480 e. The van der Waals surface area contributed by atoms with E-state index in [1.165, 1.54) is 32.1 Å². The molecule has 0 aliphatic heterocycles. The molecule has 2 fully saturated rings. The molecule has 0 heterocycles. The van der Waals surface area contributed by atoms with Gasteiger partial charge in [0.25, 0.3) is 0 Å². The summed E-state index contributed by atoms with van der Waals surface area (Å²) >= 11 is 0. The first-order valence-electron chi connectivity index (χ1n) is 6.58.